The highest BCUT2D eigenvalue weighted by molar-refractivity contribution is 5.82. The number of ketones is 1. The van der Waals surface area contributed by atoms with Gasteiger partial charge in [0.15, 0.2) is 5.78 Å². The molecule has 0 rings (SSSR count). The summed E-state index contributed by atoms with van der Waals surface area (Å²) in [7, 11) is 0. The first-order valence-electron chi connectivity index (χ1n) is 4.98. The van der Waals surface area contributed by atoms with Gasteiger partial charge in [-0.1, -0.05) is 6.42 Å². The van der Waals surface area contributed by atoms with Crippen molar-refractivity contribution in [2.24, 2.45) is 11.5 Å². The summed E-state index contributed by atoms with van der Waals surface area (Å²) in [5, 5.41) is 11.4. The van der Waals surface area contributed by atoms with Crippen molar-refractivity contribution in [3.8, 4) is 0 Å². The Morgan fingerprint density at radius 1 is 1.33 bits per heavy atom. The zero-order valence-electron chi connectivity index (χ0n) is 8.74. The van der Waals surface area contributed by atoms with Crippen LogP contribution in [0.4, 0.5) is 0 Å². The Bertz CT molecular complexity index is 209. The molecule has 88 valence electrons. The summed E-state index contributed by atoms with van der Waals surface area (Å²) in [4.78, 5) is 21.1. The van der Waals surface area contributed by atoms with Crippen molar-refractivity contribution in [3.05, 3.63) is 0 Å². The molecule has 15 heavy (non-hydrogen) atoms. The molecule has 0 radical (unpaired) electrons. The molecule has 0 saturated carbocycles. The molecule has 0 aromatic carbocycles. The minimum absolute atomic E-state index is 0.0303. The molecular weight excluding hydrogens is 198 g/mol. The van der Waals surface area contributed by atoms with Crippen LogP contribution in [0, 0.1) is 0 Å². The minimum atomic E-state index is -0.971. The second-order valence-corrected chi connectivity index (χ2v) is 3.36. The standard InChI is InChI=1S/C9H19N3O3/c10-5-7(13)6-12-4-2-1-3-8(11)9(14)15/h8,12H,1-6,10-11H2,(H,14,15)/t8-/m0/s1. The maximum Gasteiger partial charge on any atom is 0.320 e. The Kier molecular flexibility index (Phi) is 7.79. The van der Waals surface area contributed by atoms with E-state index in [0.29, 0.717) is 13.0 Å². The number of unbranched alkanes of at least 4 members (excludes halogenated alkanes) is 1. The number of hydrogen-bond donors (Lipinski definition) is 4. The average molecular weight is 217 g/mol. The summed E-state index contributed by atoms with van der Waals surface area (Å²) in [5.41, 5.74) is 10.4. The number of carbonyl (C=O) groups is 2. The lowest BCUT2D eigenvalue weighted by Gasteiger charge is -2.06. The third-order valence-corrected chi connectivity index (χ3v) is 1.99. The quantitative estimate of drug-likeness (QED) is 0.356. The van der Waals surface area contributed by atoms with E-state index in [-0.39, 0.29) is 18.9 Å². The largest absolute Gasteiger partial charge is 0.480 e. The van der Waals surface area contributed by atoms with Gasteiger partial charge in [0.25, 0.3) is 0 Å². The van der Waals surface area contributed by atoms with Gasteiger partial charge in [0, 0.05) is 0 Å². The molecule has 6 nitrogen and oxygen atoms in total. The second-order valence-electron chi connectivity index (χ2n) is 3.36. The van der Waals surface area contributed by atoms with Gasteiger partial charge in [-0.3, -0.25) is 9.59 Å². The third-order valence-electron chi connectivity index (χ3n) is 1.99. The fraction of sp³-hybridized carbons (Fsp3) is 0.778. The third kappa shape index (κ3) is 8.04. The summed E-state index contributed by atoms with van der Waals surface area (Å²) < 4.78 is 0. The van der Waals surface area contributed by atoms with Gasteiger partial charge in [-0.2, -0.15) is 0 Å². The number of carboxylic acids is 1. The summed E-state index contributed by atoms with van der Waals surface area (Å²) in [6, 6.07) is -0.782. The highest BCUT2D eigenvalue weighted by atomic mass is 16.4. The molecule has 0 spiro atoms. The molecule has 0 unspecified atom stereocenters. The molecule has 0 saturated heterocycles. The molecule has 0 bridgehead atoms. The van der Waals surface area contributed by atoms with E-state index in [1.807, 2.05) is 0 Å². The predicted octanol–water partition coefficient (Wildman–Crippen LogP) is -1.31. The molecule has 1 atom stereocenters. The van der Waals surface area contributed by atoms with Gasteiger partial charge < -0.3 is 21.9 Å². The Hall–Kier alpha value is -0.980. The van der Waals surface area contributed by atoms with Crippen molar-refractivity contribution < 1.29 is 14.7 Å². The first kappa shape index (κ1) is 14.0. The number of carboxylic acid groups (broad SMARTS) is 1. The van der Waals surface area contributed by atoms with Crippen LogP contribution in [0.5, 0.6) is 0 Å². The number of nitrogens with two attached hydrogens (primary N) is 2. The number of hydrogen-bond acceptors (Lipinski definition) is 5. The van der Waals surface area contributed by atoms with Gasteiger partial charge >= 0.3 is 5.97 Å². The molecule has 0 amide bonds. The van der Waals surface area contributed by atoms with Gasteiger partial charge in [0.1, 0.15) is 6.04 Å². The SMILES string of the molecule is NCC(=O)CNCCCC[C@H](N)C(=O)O. The number of nitrogens with one attached hydrogen (secondary N) is 1. The maximum absolute atomic E-state index is 10.8. The molecule has 0 heterocycles. The van der Waals surface area contributed by atoms with Crippen LogP contribution in [0.2, 0.25) is 0 Å². The first-order chi connectivity index (χ1) is 7.07. The zero-order valence-corrected chi connectivity index (χ0v) is 8.74. The maximum atomic E-state index is 10.8. The molecule has 0 aliphatic carbocycles. The van der Waals surface area contributed by atoms with E-state index in [4.69, 9.17) is 16.6 Å². The monoisotopic (exact) mass is 217 g/mol. The normalized spacial score (nSPS) is 12.4. The highest BCUT2D eigenvalue weighted by Gasteiger charge is 2.09. The fourth-order valence-corrected chi connectivity index (χ4v) is 1.04. The van der Waals surface area contributed by atoms with E-state index in [9.17, 15) is 9.59 Å². The molecule has 0 aromatic rings. The van der Waals surface area contributed by atoms with Gasteiger partial charge in [-0.25, -0.2) is 0 Å². The van der Waals surface area contributed by atoms with E-state index in [0.717, 1.165) is 12.8 Å². The van der Waals surface area contributed by atoms with E-state index in [1.165, 1.54) is 0 Å². The predicted molar refractivity (Wildman–Crippen MR) is 56.4 cm³/mol. The molecule has 0 aliphatic heterocycles. The van der Waals surface area contributed by atoms with Crippen molar-refractivity contribution in [1.82, 2.24) is 5.32 Å². The van der Waals surface area contributed by atoms with Crippen molar-refractivity contribution in [2.45, 2.75) is 25.3 Å². The summed E-state index contributed by atoms with van der Waals surface area (Å²) >= 11 is 0. The fourth-order valence-electron chi connectivity index (χ4n) is 1.04. The summed E-state index contributed by atoms with van der Waals surface area (Å²) in [5.74, 6) is -1.00. The molecular formula is C9H19N3O3. The van der Waals surface area contributed by atoms with Crippen LogP contribution in [-0.4, -0.2) is 42.5 Å². The smallest absolute Gasteiger partial charge is 0.320 e. The van der Waals surface area contributed by atoms with Crippen molar-refractivity contribution in [3.63, 3.8) is 0 Å². The number of aliphatic carboxylic acids is 1. The van der Waals surface area contributed by atoms with Crippen LogP contribution in [-0.2, 0) is 9.59 Å². The Balaban J connectivity index is 3.25. The highest BCUT2D eigenvalue weighted by Crippen LogP contribution is 1.97. The van der Waals surface area contributed by atoms with Crippen LogP contribution >= 0.6 is 0 Å². The van der Waals surface area contributed by atoms with Crippen molar-refractivity contribution >= 4 is 11.8 Å². The number of Topliss-reactive ketones (excluding diaryl/α,β-unsaturated/α-hetero) is 1. The Labute approximate surface area is 89.0 Å². The van der Waals surface area contributed by atoms with E-state index >= 15 is 0 Å². The molecule has 6 heteroatoms. The van der Waals surface area contributed by atoms with Crippen molar-refractivity contribution in [2.75, 3.05) is 19.6 Å². The second kappa shape index (κ2) is 8.34. The Morgan fingerprint density at radius 3 is 2.53 bits per heavy atom. The molecule has 0 aliphatic rings. The van der Waals surface area contributed by atoms with Gasteiger partial charge in [-0.05, 0) is 19.4 Å². The lowest BCUT2D eigenvalue weighted by molar-refractivity contribution is -0.138. The number of carbonyl (C=O) groups excluding carboxylic acids is 1. The van der Waals surface area contributed by atoms with Crippen LogP contribution in [0.15, 0.2) is 0 Å². The van der Waals surface area contributed by atoms with Gasteiger partial charge in [0.2, 0.25) is 0 Å². The lowest BCUT2D eigenvalue weighted by Crippen LogP contribution is -2.31. The van der Waals surface area contributed by atoms with E-state index in [2.05, 4.69) is 5.32 Å². The van der Waals surface area contributed by atoms with E-state index < -0.39 is 12.0 Å². The first-order valence-corrected chi connectivity index (χ1v) is 4.98. The van der Waals surface area contributed by atoms with Crippen molar-refractivity contribution in [1.29, 1.82) is 0 Å². The van der Waals surface area contributed by atoms with Gasteiger partial charge in [-0.15, -0.1) is 0 Å². The van der Waals surface area contributed by atoms with Crippen LogP contribution in [0.3, 0.4) is 0 Å². The lowest BCUT2D eigenvalue weighted by atomic mass is 10.1. The summed E-state index contributed by atoms with van der Waals surface area (Å²) in [6.45, 7) is 1.01. The van der Waals surface area contributed by atoms with Gasteiger partial charge in [0.05, 0.1) is 13.1 Å². The molecule has 6 N–H and O–H groups in total. The topological polar surface area (TPSA) is 118 Å². The van der Waals surface area contributed by atoms with Crippen LogP contribution < -0.4 is 16.8 Å². The number of rotatable bonds is 9. The molecule has 0 aromatic heterocycles. The Morgan fingerprint density at radius 2 is 2.00 bits per heavy atom. The molecule has 0 fully saturated rings. The van der Waals surface area contributed by atoms with Crippen LogP contribution in [0.1, 0.15) is 19.3 Å². The zero-order chi connectivity index (χ0) is 11.7. The van der Waals surface area contributed by atoms with E-state index in [1.54, 1.807) is 0 Å². The summed E-state index contributed by atoms with van der Waals surface area (Å²) in [6.07, 6.45) is 2.00. The minimum Gasteiger partial charge on any atom is -0.480 e. The average Bonchev–Trinajstić information content (AvgIpc) is 2.22. The van der Waals surface area contributed by atoms with Crippen LogP contribution in [0.25, 0.3) is 0 Å².